The van der Waals surface area contributed by atoms with Gasteiger partial charge in [0.05, 0.1) is 12.7 Å². The van der Waals surface area contributed by atoms with Crippen LogP contribution < -0.4 is 10.1 Å². The number of fused-ring (bicyclic) bond motifs is 1. The number of nitrogens with one attached hydrogen (secondary N) is 2. The van der Waals surface area contributed by atoms with Crippen LogP contribution in [-0.4, -0.2) is 58.7 Å². The zero-order valence-corrected chi connectivity index (χ0v) is 21.5. The van der Waals surface area contributed by atoms with Crippen molar-refractivity contribution in [2.75, 3.05) is 20.2 Å². The highest BCUT2D eigenvalue weighted by Crippen LogP contribution is 2.28. The smallest absolute Gasteiger partial charge is 0.410 e. The van der Waals surface area contributed by atoms with Gasteiger partial charge >= 0.3 is 6.09 Å². The summed E-state index contributed by atoms with van der Waals surface area (Å²) in [6, 6.07) is 3.42. The summed E-state index contributed by atoms with van der Waals surface area (Å²) in [5.41, 5.74) is 1.33. The number of imidazole rings is 1. The maximum absolute atomic E-state index is 13.2. The number of hydrogen-bond donors (Lipinski definition) is 2. The second-order valence-electron chi connectivity index (χ2n) is 10.6. The third-order valence-electron chi connectivity index (χ3n) is 5.97. The summed E-state index contributed by atoms with van der Waals surface area (Å²) in [6.07, 6.45) is 5.50. The lowest BCUT2D eigenvalue weighted by Crippen LogP contribution is -2.50. The van der Waals surface area contributed by atoms with Crippen LogP contribution in [0.15, 0.2) is 12.1 Å². The molecule has 1 aliphatic rings. The van der Waals surface area contributed by atoms with E-state index in [0.29, 0.717) is 35.8 Å². The molecule has 2 N–H and O–H groups in total. The number of carbonyl (C=O) groups is 2. The minimum absolute atomic E-state index is 0.139. The Morgan fingerprint density at radius 2 is 2.03 bits per heavy atom. The zero-order valence-electron chi connectivity index (χ0n) is 21.5. The summed E-state index contributed by atoms with van der Waals surface area (Å²) in [7, 11) is 1.62. The van der Waals surface area contributed by atoms with Gasteiger partial charge in [0, 0.05) is 25.6 Å². The quantitative estimate of drug-likeness (QED) is 0.523. The van der Waals surface area contributed by atoms with Gasteiger partial charge in [0.15, 0.2) is 0 Å². The van der Waals surface area contributed by atoms with Crippen molar-refractivity contribution in [1.82, 2.24) is 20.2 Å². The van der Waals surface area contributed by atoms with Crippen LogP contribution in [0.25, 0.3) is 11.0 Å². The van der Waals surface area contributed by atoms with Gasteiger partial charge in [0.1, 0.15) is 28.2 Å². The highest BCUT2D eigenvalue weighted by atomic mass is 16.6. The molecule has 2 aromatic rings. The van der Waals surface area contributed by atoms with E-state index < -0.39 is 5.60 Å². The highest BCUT2D eigenvalue weighted by molar-refractivity contribution is 6.06. The molecule has 0 spiro atoms. The number of aryl methyl sites for hydroxylation is 1. The summed E-state index contributed by atoms with van der Waals surface area (Å²) >= 11 is 0. The first kappa shape index (κ1) is 25.8. The fourth-order valence-corrected chi connectivity index (χ4v) is 4.28. The summed E-state index contributed by atoms with van der Waals surface area (Å²) in [6.45, 7) is 11.1. The molecule has 34 heavy (non-hydrogen) atoms. The predicted molar refractivity (Wildman–Crippen MR) is 133 cm³/mol. The Morgan fingerprint density at radius 3 is 2.71 bits per heavy atom. The maximum Gasteiger partial charge on any atom is 0.410 e. The Kier molecular flexibility index (Phi) is 8.44. The molecule has 1 fully saturated rings. The number of piperidine rings is 1. The molecule has 3 rings (SSSR count). The fraction of sp³-hybridized carbons (Fsp3) is 0.654. The molecular formula is C26H40N4O4. The maximum atomic E-state index is 13.2. The number of ether oxygens (including phenoxy) is 2. The minimum atomic E-state index is -0.547. The number of unbranched alkanes of at least 4 members (excludes halogenated alkanes) is 1. The van der Waals surface area contributed by atoms with Crippen molar-refractivity contribution in [3.05, 3.63) is 23.5 Å². The van der Waals surface area contributed by atoms with Crippen LogP contribution in [0.4, 0.5) is 4.79 Å². The Labute approximate surface area is 202 Å². The first-order chi connectivity index (χ1) is 16.1. The number of aromatic amines is 1. The number of hydrogen-bond acceptors (Lipinski definition) is 5. The van der Waals surface area contributed by atoms with Gasteiger partial charge in [-0.25, -0.2) is 9.78 Å². The molecule has 0 bridgehead atoms. The van der Waals surface area contributed by atoms with Crippen molar-refractivity contribution < 1.29 is 19.1 Å². The third-order valence-corrected chi connectivity index (χ3v) is 5.97. The molecule has 0 saturated carbocycles. The number of carbonyl (C=O) groups excluding carboxylic acids is 2. The Balaban J connectivity index is 1.71. The monoisotopic (exact) mass is 472 g/mol. The molecule has 1 saturated heterocycles. The van der Waals surface area contributed by atoms with Crippen LogP contribution in [0, 0.1) is 5.92 Å². The number of nitrogens with zero attached hydrogens (tertiary/aromatic N) is 2. The van der Waals surface area contributed by atoms with Gasteiger partial charge in [-0.15, -0.1) is 0 Å². The molecule has 2 heterocycles. The van der Waals surface area contributed by atoms with Crippen molar-refractivity contribution in [3.63, 3.8) is 0 Å². The van der Waals surface area contributed by atoms with E-state index in [-0.39, 0.29) is 18.0 Å². The van der Waals surface area contributed by atoms with Crippen molar-refractivity contribution in [1.29, 1.82) is 0 Å². The standard InChI is InChI=1S/C26H40N4O4/c1-17(2)10-7-8-12-21-28-22-19(13-14-20(33-6)23(22)29-21)24(31)27-18-11-9-15-30(16-18)25(32)34-26(3,4)5/h13-14,17-18H,7-12,15-16H2,1-6H3,(H,27,31)(H,28,29)/t18-/m0/s1. The second-order valence-corrected chi connectivity index (χ2v) is 10.6. The Hall–Kier alpha value is -2.77. The van der Waals surface area contributed by atoms with Crippen LogP contribution in [0.2, 0.25) is 0 Å². The molecule has 0 radical (unpaired) electrons. The Morgan fingerprint density at radius 1 is 1.26 bits per heavy atom. The topological polar surface area (TPSA) is 96.6 Å². The van der Waals surface area contributed by atoms with Crippen LogP contribution in [0.1, 0.15) is 82.9 Å². The van der Waals surface area contributed by atoms with E-state index in [1.165, 1.54) is 6.42 Å². The second kappa shape index (κ2) is 11.1. The SMILES string of the molecule is COc1ccc(C(=O)N[C@H]2CCCN(C(=O)OC(C)(C)C)C2)c2nc(CCCCC(C)C)[nH]c12. The van der Waals surface area contributed by atoms with Gasteiger partial charge in [-0.05, 0) is 58.1 Å². The molecule has 8 heteroatoms. The zero-order chi connectivity index (χ0) is 24.9. The molecule has 8 nitrogen and oxygen atoms in total. The van der Waals surface area contributed by atoms with Crippen LogP contribution in [0.3, 0.4) is 0 Å². The average molecular weight is 473 g/mol. The minimum Gasteiger partial charge on any atom is -0.494 e. The van der Waals surface area contributed by atoms with Crippen LogP contribution >= 0.6 is 0 Å². The number of H-pyrrole nitrogens is 1. The number of methoxy groups -OCH3 is 1. The average Bonchev–Trinajstić information content (AvgIpc) is 3.19. The number of benzene rings is 1. The molecule has 0 unspecified atom stereocenters. The lowest BCUT2D eigenvalue weighted by molar-refractivity contribution is 0.0185. The van der Waals surface area contributed by atoms with Gasteiger partial charge in [-0.1, -0.05) is 26.7 Å². The van der Waals surface area contributed by atoms with Crippen molar-refractivity contribution >= 4 is 23.0 Å². The lowest BCUT2D eigenvalue weighted by Gasteiger charge is -2.34. The third kappa shape index (κ3) is 6.87. The first-order valence-electron chi connectivity index (χ1n) is 12.4. The number of amides is 2. The number of rotatable bonds is 8. The van der Waals surface area contributed by atoms with E-state index in [2.05, 4.69) is 24.1 Å². The van der Waals surface area contributed by atoms with Crippen molar-refractivity contribution in [2.24, 2.45) is 5.92 Å². The molecule has 1 atom stereocenters. The molecule has 0 aliphatic carbocycles. The van der Waals surface area contributed by atoms with Crippen molar-refractivity contribution in [2.45, 2.75) is 84.8 Å². The summed E-state index contributed by atoms with van der Waals surface area (Å²) < 4.78 is 11.0. The van der Waals surface area contributed by atoms with Gasteiger partial charge in [-0.3, -0.25) is 4.79 Å². The van der Waals surface area contributed by atoms with E-state index in [1.807, 2.05) is 20.8 Å². The largest absolute Gasteiger partial charge is 0.494 e. The van der Waals surface area contributed by atoms with Crippen LogP contribution in [-0.2, 0) is 11.2 Å². The van der Waals surface area contributed by atoms with Gasteiger partial charge in [0.25, 0.3) is 5.91 Å². The molecule has 2 amide bonds. The van der Waals surface area contributed by atoms with E-state index in [1.54, 1.807) is 24.1 Å². The highest BCUT2D eigenvalue weighted by Gasteiger charge is 2.29. The normalized spacial score (nSPS) is 16.7. The number of likely N-dealkylation sites (tertiary alicyclic amines) is 1. The summed E-state index contributed by atoms with van der Waals surface area (Å²) in [4.78, 5) is 35.5. The summed E-state index contributed by atoms with van der Waals surface area (Å²) in [5, 5.41) is 3.10. The Bertz CT molecular complexity index is 993. The predicted octanol–water partition coefficient (Wildman–Crippen LogP) is 5.07. The van der Waals surface area contributed by atoms with E-state index in [4.69, 9.17) is 14.5 Å². The van der Waals surface area contributed by atoms with Crippen molar-refractivity contribution in [3.8, 4) is 5.75 Å². The molecule has 1 aromatic carbocycles. The lowest BCUT2D eigenvalue weighted by atomic mass is 10.0. The molecule has 1 aliphatic heterocycles. The number of aromatic nitrogens is 2. The fourth-order valence-electron chi connectivity index (χ4n) is 4.28. The van der Waals surface area contributed by atoms with Gasteiger partial charge in [-0.2, -0.15) is 0 Å². The van der Waals surface area contributed by atoms with Gasteiger partial charge in [0.2, 0.25) is 0 Å². The van der Waals surface area contributed by atoms with E-state index in [0.717, 1.165) is 43.4 Å². The van der Waals surface area contributed by atoms with Gasteiger partial charge < -0.3 is 24.7 Å². The van der Waals surface area contributed by atoms with E-state index in [9.17, 15) is 9.59 Å². The summed E-state index contributed by atoms with van der Waals surface area (Å²) in [5.74, 6) is 2.03. The van der Waals surface area contributed by atoms with Crippen LogP contribution in [0.5, 0.6) is 5.75 Å². The molecule has 188 valence electrons. The molecular weight excluding hydrogens is 432 g/mol. The molecule has 1 aromatic heterocycles. The first-order valence-corrected chi connectivity index (χ1v) is 12.4. The van der Waals surface area contributed by atoms with E-state index >= 15 is 0 Å².